The third-order valence-corrected chi connectivity index (χ3v) is 18.7. The molecule has 0 aliphatic heterocycles. The first-order valence-corrected chi connectivity index (χ1v) is 24.4. The van der Waals surface area contributed by atoms with Crippen molar-refractivity contribution in [2.45, 2.75) is 211 Å². The monoisotopic (exact) mass is 1570 g/mol. The van der Waals surface area contributed by atoms with Crippen molar-refractivity contribution in [2.75, 3.05) is 0 Å². The van der Waals surface area contributed by atoms with E-state index in [0.29, 0.717) is 0 Å². The Kier molecular flexibility index (Phi) is 22.4. The van der Waals surface area contributed by atoms with Crippen LogP contribution >= 0.6 is 0 Å². The number of hydrogen-bond acceptors (Lipinski definition) is 0. The fraction of sp³-hybridized carbons (Fsp3) is 1.00. The lowest BCUT2D eigenvalue weighted by Crippen LogP contribution is -2.73. The molecule has 0 saturated heterocycles. The first kappa shape index (κ1) is 90.2. The molecule has 3 unspecified atom stereocenters. The molecule has 0 aromatic rings. The zero-order valence-corrected chi connectivity index (χ0v) is 42.6. The minimum atomic E-state index is -9.98. The number of rotatable bonds is 28. The predicted molar refractivity (Wildman–Crippen MR) is 181 cm³/mol. The summed E-state index contributed by atoms with van der Waals surface area (Å²) in [6, 6.07) is -20.5. The number of alkyl halides is 58. The van der Waals surface area contributed by atoms with E-state index in [0.717, 1.165) is 0 Å². The molecule has 0 fully saturated rings. The summed E-state index contributed by atoms with van der Waals surface area (Å²) in [4.78, 5) is 0. The lowest BCUT2D eigenvalue weighted by atomic mass is 9.84. The van der Waals surface area contributed by atoms with Crippen LogP contribution in [0.5, 0.6) is 0 Å². The van der Waals surface area contributed by atoms with Crippen molar-refractivity contribution < 1.29 is 255 Å². The molecule has 0 spiro atoms. The molecule has 59 heteroatoms. The highest BCUT2D eigenvalue weighted by Gasteiger charge is 2.97. The van der Waals surface area contributed by atoms with E-state index in [-0.39, 0.29) is 0 Å². The molecule has 3 atom stereocenters. The zero-order valence-electron chi connectivity index (χ0n) is 41.6. The average Bonchev–Trinajstić information content (AvgIpc) is 0.718. The molecule has 0 aromatic heterocycles. The first-order chi connectivity index (χ1) is 39.6. The summed E-state index contributed by atoms with van der Waals surface area (Å²) in [5.41, 5.74) is -27.8. The molecule has 0 radical (unpaired) electrons. The summed E-state index contributed by atoms with van der Waals surface area (Å²) < 4.78 is 817. The van der Waals surface area contributed by atoms with Crippen LogP contribution in [0.15, 0.2) is 0 Å². The van der Waals surface area contributed by atoms with Crippen LogP contribution in [-0.2, 0) is 0 Å². The maximum atomic E-state index is 15.9. The van der Waals surface area contributed by atoms with E-state index < -0.39 is 219 Å². The highest BCUT2D eigenvalue weighted by molar-refractivity contribution is 6.80. The van der Waals surface area contributed by atoms with Crippen molar-refractivity contribution in [3.8, 4) is 0 Å². The van der Waals surface area contributed by atoms with Gasteiger partial charge in [-0.2, -0.15) is 241 Å². The van der Waals surface area contributed by atoms with E-state index >= 15 is 48.3 Å². The van der Waals surface area contributed by atoms with Crippen LogP contribution in [0.2, 0.25) is 24.2 Å². The van der Waals surface area contributed by atoms with Crippen molar-refractivity contribution >= 4 is 8.07 Å². The summed E-state index contributed by atoms with van der Waals surface area (Å²) >= 11 is 0. The van der Waals surface area contributed by atoms with Gasteiger partial charge in [0.05, 0.1) is 8.07 Å². The van der Waals surface area contributed by atoms with Crippen molar-refractivity contribution in [1.82, 2.24) is 0 Å². The van der Waals surface area contributed by atoms with Gasteiger partial charge in [-0.3, -0.25) is 0 Å². The van der Waals surface area contributed by atoms with Crippen molar-refractivity contribution in [3.05, 3.63) is 0 Å². The second-order valence-corrected chi connectivity index (χ2v) is 24.3. The van der Waals surface area contributed by atoms with Gasteiger partial charge in [-0.05, 0) is 19.3 Å². The van der Waals surface area contributed by atoms with E-state index in [9.17, 15) is 206 Å². The van der Waals surface area contributed by atoms with Crippen LogP contribution in [0, 0.1) is 0 Å². The second kappa shape index (κ2) is 23.4. The second-order valence-electron chi connectivity index (χ2n) is 19.3. The van der Waals surface area contributed by atoms with Gasteiger partial charge in [-0.1, -0.05) is 24.2 Å². The van der Waals surface area contributed by atoms with Gasteiger partial charge in [0.25, 0.3) is 17.0 Å². The van der Waals surface area contributed by atoms with Crippen LogP contribution in [-0.4, -0.2) is 169 Å². The molecule has 566 valence electrons. The Hall–Kier alpha value is -3.84. The fourth-order valence-corrected chi connectivity index (χ4v) is 12.3. The van der Waals surface area contributed by atoms with Crippen LogP contribution in [0.4, 0.5) is 255 Å². The summed E-state index contributed by atoms with van der Waals surface area (Å²) in [5, 5.41) is 0. The molecule has 0 aliphatic carbocycles. The highest BCUT2D eigenvalue weighted by atomic mass is 28.3. The molecule has 0 rings (SSSR count). The molecule has 0 amide bonds. The molecule has 0 nitrogen and oxygen atoms in total. The smallest absolute Gasteiger partial charge is 0.227 e. The predicted octanol–water partition coefficient (Wildman–Crippen LogP) is 21.9. The molecular formula is C35H16F58Si. The standard InChI is InChI=1S/C35H16F58Si/c36-9(29(73,74)75,13(41,42)17(49,50)21(57,58)25(65,66)32(82,83)84)1-5-94(8-4-12(39,40)16(47,48)20(55,56)24(63,64)28(71,72)35(91,92)93,6-2-10(37,30(76,77)78)14(43,44)18(51,52)22(59,60)26(67,68)33(85,86)87)7-3-11(38,31(79,80)81)15(45,46)19(53,54)23(61,62)27(69,70)34(88,89)90/h1-8H2. The SMILES string of the molecule is FC(F)(F)C(F)(F)C(F)(F)C(F)(F)C(F)(F)C(F)(F)CC[Si](CCC(F)(C(F)(F)F)C(F)(F)C(F)(F)C(F)(F)C(F)(F)C(F)(F)F)(CCC(F)(C(F)(F)F)C(F)(F)C(F)(F)C(F)(F)C(F)(F)C(F)(F)F)CCC(F)(C(F)(F)F)C(F)(F)C(F)(F)C(F)(F)C(F)(F)C(F)(F)F. The highest BCUT2D eigenvalue weighted by Crippen LogP contribution is 2.69. The van der Waals surface area contributed by atoms with Crippen LogP contribution in [0.1, 0.15) is 25.7 Å². The number of hydrogen-bond donors (Lipinski definition) is 0. The van der Waals surface area contributed by atoms with Crippen LogP contribution in [0.3, 0.4) is 0 Å². The Morgan fingerprint density at radius 1 is 0.128 bits per heavy atom. The van der Waals surface area contributed by atoms with Gasteiger partial charge < -0.3 is 0 Å². The van der Waals surface area contributed by atoms with Gasteiger partial charge in [0, 0.05) is 6.42 Å². The molecule has 94 heavy (non-hydrogen) atoms. The van der Waals surface area contributed by atoms with Crippen LogP contribution in [0.25, 0.3) is 0 Å². The third kappa shape index (κ3) is 12.5. The molecule has 0 heterocycles. The van der Waals surface area contributed by atoms with Crippen molar-refractivity contribution in [2.24, 2.45) is 0 Å². The third-order valence-electron chi connectivity index (χ3n) is 13.4. The van der Waals surface area contributed by atoms with Crippen molar-refractivity contribution in [3.63, 3.8) is 0 Å². The minimum absolute atomic E-state index is 5.01. The summed E-state index contributed by atoms with van der Waals surface area (Å²) in [5.74, 6) is -164. The zero-order chi connectivity index (χ0) is 77.7. The average molecular weight is 1570 g/mol. The van der Waals surface area contributed by atoms with E-state index in [1.165, 1.54) is 0 Å². The normalized spacial score (nSPS) is 19.2. The van der Waals surface area contributed by atoms with E-state index in [1.807, 2.05) is 0 Å². The van der Waals surface area contributed by atoms with E-state index in [1.54, 1.807) is 0 Å². The van der Waals surface area contributed by atoms with Gasteiger partial charge in [0.15, 0.2) is 0 Å². The molecule has 0 aromatic carbocycles. The van der Waals surface area contributed by atoms with Gasteiger partial charge >= 0.3 is 144 Å². The Labute approximate surface area is 474 Å². The summed E-state index contributed by atoms with van der Waals surface area (Å²) in [6.07, 6.45) is -85.5. The van der Waals surface area contributed by atoms with E-state index in [2.05, 4.69) is 0 Å². The maximum Gasteiger partial charge on any atom is 0.460 e. The van der Waals surface area contributed by atoms with Gasteiger partial charge in [-0.25, -0.2) is 13.2 Å². The van der Waals surface area contributed by atoms with E-state index in [4.69, 9.17) is 0 Å². The Morgan fingerprint density at radius 2 is 0.255 bits per heavy atom. The van der Waals surface area contributed by atoms with Gasteiger partial charge in [-0.15, -0.1) is 0 Å². The largest absolute Gasteiger partial charge is 0.460 e. The lowest BCUT2D eigenvalue weighted by Gasteiger charge is -2.47. The Balaban J connectivity index is 10.4. The lowest BCUT2D eigenvalue weighted by molar-refractivity contribution is -0.446. The van der Waals surface area contributed by atoms with Crippen molar-refractivity contribution in [1.29, 1.82) is 0 Å². The van der Waals surface area contributed by atoms with Crippen LogP contribution < -0.4 is 0 Å². The minimum Gasteiger partial charge on any atom is -0.227 e. The summed E-state index contributed by atoms with van der Waals surface area (Å²) in [7, 11) is -9.55. The summed E-state index contributed by atoms with van der Waals surface area (Å²) in [6.45, 7) is 0. The molecule has 0 aliphatic rings. The fourth-order valence-electron chi connectivity index (χ4n) is 7.34. The van der Waals surface area contributed by atoms with Gasteiger partial charge in [0.1, 0.15) is 0 Å². The first-order valence-electron chi connectivity index (χ1n) is 21.5. The van der Waals surface area contributed by atoms with Gasteiger partial charge in [0.2, 0.25) is 0 Å². The molecule has 0 bridgehead atoms. The molecule has 0 N–H and O–H groups in total. The molecular weight excluding hydrogens is 1550 g/mol. The quantitative estimate of drug-likeness (QED) is 0.0541. The molecule has 0 saturated carbocycles. The number of halogens is 58. The Morgan fingerprint density at radius 3 is 0.394 bits per heavy atom. The topological polar surface area (TPSA) is 0 Å². The Bertz CT molecular complexity index is 2370. The maximum absolute atomic E-state index is 15.9.